The van der Waals surface area contributed by atoms with Gasteiger partial charge >= 0.3 is 0 Å². The lowest BCUT2D eigenvalue weighted by atomic mass is 9.94. The number of nitrogens with zero attached hydrogens (tertiary/aromatic N) is 2. The average molecular weight is 291 g/mol. The van der Waals surface area contributed by atoms with Gasteiger partial charge < -0.3 is 20.6 Å². The highest BCUT2D eigenvalue weighted by Crippen LogP contribution is 2.25. The molecule has 0 aromatic heterocycles. The second kappa shape index (κ2) is 6.13. The quantitative estimate of drug-likeness (QED) is 0.381. The summed E-state index contributed by atoms with van der Waals surface area (Å²) < 4.78 is 5.51. The molecule has 0 spiro atoms. The third kappa shape index (κ3) is 3.33. The van der Waals surface area contributed by atoms with Crippen molar-refractivity contribution in [3.05, 3.63) is 35.4 Å². The Bertz CT molecular complexity index is 559. The predicted molar refractivity (Wildman–Crippen MR) is 79.5 cm³/mol. The van der Waals surface area contributed by atoms with Crippen molar-refractivity contribution in [2.75, 3.05) is 20.2 Å². The van der Waals surface area contributed by atoms with Crippen molar-refractivity contribution in [2.24, 2.45) is 10.9 Å². The van der Waals surface area contributed by atoms with Gasteiger partial charge in [-0.15, -0.1) is 0 Å². The van der Waals surface area contributed by atoms with E-state index in [0.717, 1.165) is 12.8 Å². The molecule has 1 aromatic rings. The Morgan fingerprint density at radius 3 is 2.86 bits per heavy atom. The van der Waals surface area contributed by atoms with Gasteiger partial charge in [0.2, 0.25) is 0 Å². The lowest BCUT2D eigenvalue weighted by molar-refractivity contribution is -0.0440. The Labute approximate surface area is 124 Å². The molecule has 6 nitrogen and oxygen atoms in total. The lowest BCUT2D eigenvalue weighted by Crippen LogP contribution is -2.49. The van der Waals surface area contributed by atoms with Crippen LogP contribution in [0.1, 0.15) is 35.7 Å². The summed E-state index contributed by atoms with van der Waals surface area (Å²) in [6, 6.07) is 6.78. The number of carbonyl (C=O) groups excluding carboxylic acids is 1. The highest BCUT2D eigenvalue weighted by molar-refractivity contribution is 6.01. The fourth-order valence-electron chi connectivity index (χ4n) is 2.60. The van der Waals surface area contributed by atoms with Gasteiger partial charge in [0.1, 0.15) is 0 Å². The SMILES string of the molecule is COC1(C)CCCN(C(=O)c2cccc(/C(N)=N/O)c2)C1. The number of benzene rings is 1. The zero-order valence-corrected chi connectivity index (χ0v) is 12.4. The van der Waals surface area contributed by atoms with E-state index in [1.165, 1.54) is 0 Å². The molecule has 0 aliphatic carbocycles. The summed E-state index contributed by atoms with van der Waals surface area (Å²) in [5.74, 6) is -0.0735. The van der Waals surface area contributed by atoms with Crippen LogP contribution in [0, 0.1) is 0 Å². The first-order valence-electron chi connectivity index (χ1n) is 6.91. The van der Waals surface area contributed by atoms with Gasteiger partial charge in [-0.25, -0.2) is 0 Å². The third-order valence-corrected chi connectivity index (χ3v) is 3.95. The van der Waals surface area contributed by atoms with Crippen LogP contribution in [0.4, 0.5) is 0 Å². The van der Waals surface area contributed by atoms with Gasteiger partial charge in [-0.1, -0.05) is 17.3 Å². The maximum atomic E-state index is 12.6. The molecule has 3 N–H and O–H groups in total. The van der Waals surface area contributed by atoms with E-state index in [9.17, 15) is 4.79 Å². The van der Waals surface area contributed by atoms with Gasteiger partial charge in [-0.05, 0) is 31.9 Å². The van der Waals surface area contributed by atoms with E-state index in [0.29, 0.717) is 24.2 Å². The van der Waals surface area contributed by atoms with E-state index in [1.807, 2.05) is 6.92 Å². The Hall–Kier alpha value is -2.08. The highest BCUT2D eigenvalue weighted by atomic mass is 16.5. The average Bonchev–Trinajstić information content (AvgIpc) is 2.53. The molecule has 0 bridgehead atoms. The van der Waals surface area contributed by atoms with Crippen LogP contribution in [0.15, 0.2) is 29.4 Å². The smallest absolute Gasteiger partial charge is 0.253 e. The van der Waals surface area contributed by atoms with Crippen LogP contribution in [0.2, 0.25) is 0 Å². The van der Waals surface area contributed by atoms with E-state index < -0.39 is 0 Å². The molecule has 1 aliphatic heterocycles. The van der Waals surface area contributed by atoms with Gasteiger partial charge in [-0.2, -0.15) is 0 Å². The Morgan fingerprint density at radius 1 is 1.48 bits per heavy atom. The fourth-order valence-corrected chi connectivity index (χ4v) is 2.60. The minimum absolute atomic E-state index is 0.00924. The fraction of sp³-hybridized carbons (Fsp3) is 0.467. The Morgan fingerprint density at radius 2 is 2.19 bits per heavy atom. The summed E-state index contributed by atoms with van der Waals surface area (Å²) in [6.07, 6.45) is 1.85. The number of oxime groups is 1. The monoisotopic (exact) mass is 291 g/mol. The van der Waals surface area contributed by atoms with Crippen molar-refractivity contribution in [1.29, 1.82) is 0 Å². The van der Waals surface area contributed by atoms with E-state index in [2.05, 4.69) is 5.16 Å². The zero-order chi connectivity index (χ0) is 15.5. The number of hydrogen-bond donors (Lipinski definition) is 2. The Kier molecular flexibility index (Phi) is 4.47. The van der Waals surface area contributed by atoms with Crippen LogP contribution in [-0.4, -0.2) is 47.7 Å². The van der Waals surface area contributed by atoms with Gasteiger partial charge in [-0.3, -0.25) is 4.79 Å². The molecule has 1 unspecified atom stereocenters. The molecule has 1 aromatic carbocycles. The number of methoxy groups -OCH3 is 1. The van der Waals surface area contributed by atoms with Crippen LogP contribution < -0.4 is 5.73 Å². The molecule has 1 aliphatic rings. The van der Waals surface area contributed by atoms with Gasteiger partial charge in [0.05, 0.1) is 5.60 Å². The number of piperidine rings is 1. The molecule has 0 saturated carbocycles. The lowest BCUT2D eigenvalue weighted by Gasteiger charge is -2.39. The topological polar surface area (TPSA) is 88.2 Å². The predicted octanol–water partition coefficient (Wildman–Crippen LogP) is 1.42. The molecule has 2 rings (SSSR count). The molecule has 1 atom stereocenters. The molecule has 21 heavy (non-hydrogen) atoms. The highest BCUT2D eigenvalue weighted by Gasteiger charge is 2.33. The molecule has 1 heterocycles. The summed E-state index contributed by atoms with van der Waals surface area (Å²) in [6.45, 7) is 3.29. The molecule has 0 radical (unpaired) electrons. The summed E-state index contributed by atoms with van der Waals surface area (Å²) in [5.41, 5.74) is 6.32. The van der Waals surface area contributed by atoms with Gasteiger partial charge in [0.15, 0.2) is 5.84 Å². The minimum Gasteiger partial charge on any atom is -0.409 e. The van der Waals surface area contributed by atoms with Crippen molar-refractivity contribution < 1.29 is 14.7 Å². The second-order valence-corrected chi connectivity index (χ2v) is 5.55. The summed E-state index contributed by atoms with van der Waals surface area (Å²) in [7, 11) is 1.67. The van der Waals surface area contributed by atoms with E-state index in [4.69, 9.17) is 15.7 Å². The maximum Gasteiger partial charge on any atom is 0.253 e. The molecule has 1 saturated heterocycles. The third-order valence-electron chi connectivity index (χ3n) is 3.95. The number of ether oxygens (including phenoxy) is 1. The largest absolute Gasteiger partial charge is 0.409 e. The molecular formula is C15H21N3O3. The number of nitrogens with two attached hydrogens (primary N) is 1. The van der Waals surface area contributed by atoms with E-state index >= 15 is 0 Å². The van der Waals surface area contributed by atoms with Crippen molar-refractivity contribution in [3.8, 4) is 0 Å². The number of carbonyl (C=O) groups is 1. The standard InChI is InChI=1S/C15H21N3O3/c1-15(21-2)7-4-8-18(10-15)14(19)12-6-3-5-11(9-12)13(16)17-20/h3,5-6,9,20H,4,7-8,10H2,1-2H3,(H2,16,17). The van der Waals surface area contributed by atoms with Crippen molar-refractivity contribution in [2.45, 2.75) is 25.4 Å². The number of rotatable bonds is 3. The first kappa shape index (κ1) is 15.3. The summed E-state index contributed by atoms with van der Waals surface area (Å²) in [5, 5.41) is 11.7. The Balaban J connectivity index is 2.20. The van der Waals surface area contributed by atoms with Crippen molar-refractivity contribution >= 4 is 11.7 Å². The van der Waals surface area contributed by atoms with Crippen LogP contribution in [0.3, 0.4) is 0 Å². The normalized spacial score (nSPS) is 23.1. The second-order valence-electron chi connectivity index (χ2n) is 5.55. The number of likely N-dealkylation sites (tertiary alicyclic amines) is 1. The van der Waals surface area contributed by atoms with Crippen LogP contribution in [0.5, 0.6) is 0 Å². The van der Waals surface area contributed by atoms with Crippen molar-refractivity contribution in [1.82, 2.24) is 4.90 Å². The van der Waals surface area contributed by atoms with E-state index in [1.54, 1.807) is 36.3 Å². The van der Waals surface area contributed by atoms with E-state index in [-0.39, 0.29) is 17.3 Å². The maximum absolute atomic E-state index is 12.6. The van der Waals surface area contributed by atoms with Crippen LogP contribution in [0.25, 0.3) is 0 Å². The van der Waals surface area contributed by atoms with Crippen LogP contribution >= 0.6 is 0 Å². The molecule has 114 valence electrons. The van der Waals surface area contributed by atoms with Gasteiger partial charge in [0.25, 0.3) is 5.91 Å². The van der Waals surface area contributed by atoms with Gasteiger partial charge in [0, 0.05) is 31.3 Å². The molecule has 1 amide bonds. The molecular weight excluding hydrogens is 270 g/mol. The first-order valence-corrected chi connectivity index (χ1v) is 6.91. The number of hydrogen-bond acceptors (Lipinski definition) is 4. The number of amidine groups is 1. The first-order chi connectivity index (χ1) is 9.99. The zero-order valence-electron chi connectivity index (χ0n) is 12.4. The molecule has 1 fully saturated rings. The van der Waals surface area contributed by atoms with Crippen LogP contribution in [-0.2, 0) is 4.74 Å². The molecule has 6 heteroatoms. The summed E-state index contributed by atoms with van der Waals surface area (Å²) in [4.78, 5) is 14.4. The van der Waals surface area contributed by atoms with Crippen molar-refractivity contribution in [3.63, 3.8) is 0 Å². The minimum atomic E-state index is -0.295. The number of amides is 1. The summed E-state index contributed by atoms with van der Waals surface area (Å²) >= 11 is 0.